The summed E-state index contributed by atoms with van der Waals surface area (Å²) >= 11 is 12.1. The smallest absolute Gasteiger partial charge is 0.284 e. The maximum atomic E-state index is 13.1. The molecule has 2 N–H and O–H groups in total. The summed E-state index contributed by atoms with van der Waals surface area (Å²) in [7, 11) is 0. The Labute approximate surface area is 184 Å². The first-order valence-corrected chi connectivity index (χ1v) is 10.1. The van der Waals surface area contributed by atoms with Crippen molar-refractivity contribution < 1.29 is 9.90 Å². The molecule has 0 bridgehead atoms. The van der Waals surface area contributed by atoms with E-state index >= 15 is 0 Å². The van der Waals surface area contributed by atoms with E-state index in [0.717, 1.165) is 4.68 Å². The third-order valence-corrected chi connectivity index (χ3v) is 5.15. The van der Waals surface area contributed by atoms with Gasteiger partial charge in [0.05, 0.1) is 24.0 Å². The van der Waals surface area contributed by atoms with Gasteiger partial charge in [-0.25, -0.2) is 0 Å². The fraction of sp³-hybridized carbons (Fsp3) is 0.227. The maximum absolute atomic E-state index is 13.1. The summed E-state index contributed by atoms with van der Waals surface area (Å²) in [6, 6.07) is 14.5. The molecule has 0 spiro atoms. The topological polar surface area (TPSA) is 84.2 Å². The molecular weight excluding hydrogens is 425 g/mol. The number of nitrogens with one attached hydrogen (secondary N) is 1. The van der Waals surface area contributed by atoms with Crippen molar-refractivity contribution in [1.29, 1.82) is 0 Å². The Morgan fingerprint density at radius 3 is 2.40 bits per heavy atom. The van der Waals surface area contributed by atoms with Gasteiger partial charge in [0.2, 0.25) is 0 Å². The first-order valence-electron chi connectivity index (χ1n) is 9.38. The van der Waals surface area contributed by atoms with Gasteiger partial charge in [0.1, 0.15) is 5.56 Å². The number of hydrogen-bond acceptors (Lipinski definition) is 4. The van der Waals surface area contributed by atoms with Crippen LogP contribution in [-0.2, 0) is 0 Å². The number of halogens is 2. The van der Waals surface area contributed by atoms with Crippen molar-refractivity contribution in [3.05, 3.63) is 80.6 Å². The van der Waals surface area contributed by atoms with Crippen molar-refractivity contribution >= 4 is 29.1 Å². The summed E-state index contributed by atoms with van der Waals surface area (Å²) in [5, 5.41) is 17.7. The molecule has 156 valence electrons. The Balaban J connectivity index is 2.16. The van der Waals surface area contributed by atoms with Gasteiger partial charge in [-0.15, -0.1) is 0 Å². The van der Waals surface area contributed by atoms with Crippen LogP contribution < -0.4 is 10.9 Å². The average molecular weight is 446 g/mol. The first-order chi connectivity index (χ1) is 14.3. The summed E-state index contributed by atoms with van der Waals surface area (Å²) in [6.45, 7) is 3.51. The van der Waals surface area contributed by atoms with Crippen LogP contribution in [0.5, 0.6) is 0 Å². The minimum absolute atomic E-state index is 0.00771. The monoisotopic (exact) mass is 445 g/mol. The van der Waals surface area contributed by atoms with Gasteiger partial charge < -0.3 is 10.4 Å². The second-order valence-corrected chi connectivity index (χ2v) is 8.03. The predicted molar refractivity (Wildman–Crippen MR) is 118 cm³/mol. The first kappa shape index (κ1) is 22.0. The molecule has 0 saturated carbocycles. The molecule has 0 saturated heterocycles. The van der Waals surface area contributed by atoms with E-state index in [2.05, 4.69) is 10.4 Å². The van der Waals surface area contributed by atoms with Crippen LogP contribution in [-0.4, -0.2) is 33.4 Å². The van der Waals surface area contributed by atoms with Gasteiger partial charge in [-0.3, -0.25) is 9.59 Å². The zero-order chi connectivity index (χ0) is 21.8. The fourth-order valence-electron chi connectivity index (χ4n) is 2.87. The second-order valence-electron chi connectivity index (χ2n) is 7.15. The van der Waals surface area contributed by atoms with E-state index in [1.807, 2.05) is 13.8 Å². The van der Waals surface area contributed by atoms with Crippen molar-refractivity contribution in [1.82, 2.24) is 15.1 Å². The Bertz CT molecular complexity index is 1110. The van der Waals surface area contributed by atoms with Crippen molar-refractivity contribution in [3.8, 4) is 16.9 Å². The van der Waals surface area contributed by atoms with E-state index in [0.29, 0.717) is 27.0 Å². The van der Waals surface area contributed by atoms with Gasteiger partial charge in [0.25, 0.3) is 11.5 Å². The molecule has 1 heterocycles. The molecule has 1 amide bonds. The molecule has 6 nitrogen and oxygen atoms in total. The molecule has 0 radical (unpaired) electrons. The highest BCUT2D eigenvalue weighted by Gasteiger charge is 2.21. The number of aliphatic hydroxyl groups is 1. The maximum Gasteiger partial charge on any atom is 0.284 e. The number of carbonyl (C=O) groups is 1. The van der Waals surface area contributed by atoms with Crippen molar-refractivity contribution in [2.75, 3.05) is 6.61 Å². The molecule has 8 heteroatoms. The van der Waals surface area contributed by atoms with Crippen molar-refractivity contribution in [2.24, 2.45) is 5.92 Å². The molecule has 1 aromatic heterocycles. The number of nitrogens with zero attached hydrogens (tertiary/aromatic N) is 2. The summed E-state index contributed by atoms with van der Waals surface area (Å²) in [5.41, 5.74) is 0.857. The van der Waals surface area contributed by atoms with Crippen molar-refractivity contribution in [3.63, 3.8) is 0 Å². The highest BCUT2D eigenvalue weighted by molar-refractivity contribution is 6.31. The Hall–Kier alpha value is -2.67. The quantitative estimate of drug-likeness (QED) is 0.601. The molecule has 30 heavy (non-hydrogen) atoms. The number of benzene rings is 2. The van der Waals surface area contributed by atoms with Crippen molar-refractivity contribution in [2.45, 2.75) is 19.9 Å². The van der Waals surface area contributed by atoms with Crippen LogP contribution in [0.4, 0.5) is 0 Å². The third-order valence-electron chi connectivity index (χ3n) is 4.67. The Kier molecular flexibility index (Phi) is 6.92. The van der Waals surface area contributed by atoms with Gasteiger partial charge in [-0.05, 0) is 42.3 Å². The lowest BCUT2D eigenvalue weighted by molar-refractivity contribution is 0.0894. The molecule has 1 unspecified atom stereocenters. The van der Waals surface area contributed by atoms with Crippen LogP contribution in [0.1, 0.15) is 24.2 Å². The summed E-state index contributed by atoms with van der Waals surface area (Å²) in [4.78, 5) is 26.0. The van der Waals surface area contributed by atoms with Gasteiger partial charge in [-0.2, -0.15) is 9.78 Å². The second kappa shape index (κ2) is 9.43. The molecule has 0 aliphatic heterocycles. The molecule has 0 aliphatic carbocycles. The average Bonchev–Trinajstić information content (AvgIpc) is 2.72. The van der Waals surface area contributed by atoms with E-state index < -0.39 is 17.5 Å². The SMILES string of the molecule is CC(C)C(CO)NC(=O)c1cc(-c2ccc(Cl)cc2)nn(-c2cccc(Cl)c2)c1=O. The number of aliphatic hydroxyl groups excluding tert-OH is 1. The lowest BCUT2D eigenvalue weighted by Gasteiger charge is -2.20. The lowest BCUT2D eigenvalue weighted by atomic mass is 10.0. The number of aromatic nitrogens is 2. The fourth-order valence-corrected chi connectivity index (χ4v) is 3.18. The van der Waals surface area contributed by atoms with Gasteiger partial charge in [0, 0.05) is 15.6 Å². The molecule has 2 aromatic carbocycles. The van der Waals surface area contributed by atoms with Gasteiger partial charge in [-0.1, -0.05) is 55.2 Å². The molecule has 3 aromatic rings. The number of hydrogen-bond donors (Lipinski definition) is 2. The number of rotatable bonds is 6. The Morgan fingerprint density at radius 2 is 1.80 bits per heavy atom. The lowest BCUT2D eigenvalue weighted by Crippen LogP contribution is -2.43. The van der Waals surface area contributed by atoms with Gasteiger partial charge in [0.15, 0.2) is 0 Å². The Morgan fingerprint density at radius 1 is 1.10 bits per heavy atom. The highest BCUT2D eigenvalue weighted by atomic mass is 35.5. The molecule has 3 rings (SSSR count). The van der Waals surface area contributed by atoms with E-state index in [1.54, 1.807) is 48.5 Å². The number of amides is 1. The molecule has 0 fully saturated rings. The predicted octanol–water partition coefficient (Wildman–Crippen LogP) is 3.95. The van der Waals surface area contributed by atoms with E-state index in [1.165, 1.54) is 6.07 Å². The van der Waals surface area contributed by atoms with E-state index in [-0.39, 0.29) is 18.1 Å². The molecular formula is C22H21Cl2N3O3. The van der Waals surface area contributed by atoms with Crippen LogP contribution in [0.25, 0.3) is 16.9 Å². The summed E-state index contributed by atoms with van der Waals surface area (Å²) in [6.07, 6.45) is 0. The van der Waals surface area contributed by atoms with E-state index in [4.69, 9.17) is 23.2 Å². The van der Waals surface area contributed by atoms with Crippen LogP contribution in [0.15, 0.2) is 59.4 Å². The zero-order valence-corrected chi connectivity index (χ0v) is 18.0. The normalized spacial score (nSPS) is 12.1. The minimum atomic E-state index is -0.590. The van der Waals surface area contributed by atoms with Crippen LogP contribution >= 0.6 is 23.2 Å². The summed E-state index contributed by atoms with van der Waals surface area (Å²) < 4.78 is 1.15. The molecule has 0 aliphatic rings. The zero-order valence-electron chi connectivity index (χ0n) is 16.5. The highest BCUT2D eigenvalue weighted by Crippen LogP contribution is 2.21. The van der Waals surface area contributed by atoms with Crippen LogP contribution in [0.3, 0.4) is 0 Å². The minimum Gasteiger partial charge on any atom is -0.394 e. The number of carbonyl (C=O) groups excluding carboxylic acids is 1. The third kappa shape index (κ3) is 4.90. The van der Waals surface area contributed by atoms with Crippen LogP contribution in [0, 0.1) is 5.92 Å². The largest absolute Gasteiger partial charge is 0.394 e. The standard InChI is InChI=1S/C22H21Cl2N3O3/c1-13(2)20(12-28)25-21(29)18-11-19(14-6-8-15(23)9-7-14)26-27(22(18)30)17-5-3-4-16(24)10-17/h3-11,13,20,28H,12H2,1-2H3,(H,25,29). The van der Waals surface area contributed by atoms with E-state index in [9.17, 15) is 14.7 Å². The van der Waals surface area contributed by atoms with Gasteiger partial charge >= 0.3 is 0 Å². The summed E-state index contributed by atoms with van der Waals surface area (Å²) in [5.74, 6) is -0.590. The molecule has 1 atom stereocenters. The van der Waals surface area contributed by atoms with Crippen LogP contribution in [0.2, 0.25) is 10.0 Å².